The van der Waals surface area contributed by atoms with Crippen molar-refractivity contribution in [2.24, 2.45) is 0 Å². The number of terminal acetylenes is 1. The third-order valence-corrected chi connectivity index (χ3v) is 2.82. The molecule has 0 aromatic heterocycles. The van der Waals surface area contributed by atoms with Crippen LogP contribution in [0.1, 0.15) is 18.1 Å². The number of hydrogen-bond acceptors (Lipinski definition) is 1. The highest BCUT2D eigenvalue weighted by atomic mass is 15.1. The molecule has 14 heavy (non-hydrogen) atoms. The molecule has 0 saturated heterocycles. The highest BCUT2D eigenvalue weighted by Gasteiger charge is 2.16. The molecule has 2 rings (SSSR count). The molecular weight excluding hydrogens is 170 g/mol. The van der Waals surface area contributed by atoms with Crippen molar-refractivity contribution in [1.29, 1.82) is 0 Å². The van der Waals surface area contributed by atoms with E-state index in [0.717, 1.165) is 19.5 Å². The molecule has 0 fully saturated rings. The Morgan fingerprint density at radius 1 is 1.50 bits per heavy atom. The fourth-order valence-electron chi connectivity index (χ4n) is 2.08. The van der Waals surface area contributed by atoms with Gasteiger partial charge >= 0.3 is 0 Å². The lowest BCUT2D eigenvalue weighted by Crippen LogP contribution is -2.18. The van der Waals surface area contributed by atoms with Crippen LogP contribution in [-0.4, -0.2) is 13.1 Å². The van der Waals surface area contributed by atoms with Gasteiger partial charge in [-0.2, -0.15) is 0 Å². The van der Waals surface area contributed by atoms with E-state index in [-0.39, 0.29) is 0 Å². The van der Waals surface area contributed by atoms with Crippen LogP contribution in [0, 0.1) is 12.3 Å². The summed E-state index contributed by atoms with van der Waals surface area (Å²) in [4.78, 5) is 2.41. The number of anilines is 1. The van der Waals surface area contributed by atoms with Gasteiger partial charge in [0.1, 0.15) is 0 Å². The standard InChI is InChI=1S/C13H15N/c1-3-5-11-6-7-13-12(10-11)8-9-14(13)4-2/h1,6-7,10H,4-5,8-9H2,2H3. The smallest absolute Gasteiger partial charge is 0.0399 e. The van der Waals surface area contributed by atoms with Crippen LogP contribution in [0.5, 0.6) is 0 Å². The van der Waals surface area contributed by atoms with E-state index in [1.165, 1.54) is 23.2 Å². The molecular formula is C13H15N. The molecule has 0 bridgehead atoms. The van der Waals surface area contributed by atoms with Crippen molar-refractivity contribution in [2.75, 3.05) is 18.0 Å². The molecule has 0 amide bonds. The normalized spacial score (nSPS) is 13.9. The first kappa shape index (κ1) is 9.15. The second-order valence-electron chi connectivity index (χ2n) is 3.67. The van der Waals surface area contributed by atoms with Crippen molar-refractivity contribution in [3.05, 3.63) is 29.3 Å². The van der Waals surface area contributed by atoms with Crippen LogP contribution in [0.4, 0.5) is 5.69 Å². The monoisotopic (exact) mass is 185 g/mol. The fraction of sp³-hybridized carbons (Fsp3) is 0.385. The summed E-state index contributed by atoms with van der Waals surface area (Å²) in [5.41, 5.74) is 4.12. The molecule has 0 spiro atoms. The third kappa shape index (κ3) is 1.48. The van der Waals surface area contributed by atoms with Crippen molar-refractivity contribution < 1.29 is 0 Å². The zero-order valence-corrected chi connectivity index (χ0v) is 8.59. The number of likely N-dealkylation sites (N-methyl/N-ethyl adjacent to an activating group) is 1. The summed E-state index contributed by atoms with van der Waals surface area (Å²) < 4.78 is 0. The number of fused-ring (bicyclic) bond motifs is 1. The molecule has 0 unspecified atom stereocenters. The molecule has 0 aliphatic carbocycles. The van der Waals surface area contributed by atoms with E-state index in [4.69, 9.17) is 6.42 Å². The van der Waals surface area contributed by atoms with E-state index in [9.17, 15) is 0 Å². The summed E-state index contributed by atoms with van der Waals surface area (Å²) in [5.74, 6) is 2.69. The number of rotatable bonds is 2. The molecule has 1 aromatic carbocycles. The van der Waals surface area contributed by atoms with Crippen molar-refractivity contribution in [1.82, 2.24) is 0 Å². The van der Waals surface area contributed by atoms with E-state index in [0.29, 0.717) is 0 Å². The zero-order chi connectivity index (χ0) is 9.97. The predicted octanol–water partition coefficient (Wildman–Crippen LogP) is 2.24. The largest absolute Gasteiger partial charge is 0.371 e. The number of benzene rings is 1. The van der Waals surface area contributed by atoms with Gasteiger partial charge in [0.15, 0.2) is 0 Å². The zero-order valence-electron chi connectivity index (χ0n) is 8.59. The van der Waals surface area contributed by atoms with Gasteiger partial charge in [-0.3, -0.25) is 0 Å². The molecule has 1 heterocycles. The Bertz CT molecular complexity index is 373. The summed E-state index contributed by atoms with van der Waals surface area (Å²) in [6.45, 7) is 4.46. The predicted molar refractivity (Wildman–Crippen MR) is 60.6 cm³/mol. The van der Waals surface area contributed by atoms with Gasteiger partial charge in [-0.05, 0) is 30.5 Å². The highest BCUT2D eigenvalue weighted by Crippen LogP contribution is 2.28. The van der Waals surface area contributed by atoms with E-state index in [2.05, 4.69) is 35.9 Å². The van der Waals surface area contributed by atoms with Crippen molar-refractivity contribution in [3.8, 4) is 12.3 Å². The molecule has 1 heteroatoms. The lowest BCUT2D eigenvalue weighted by atomic mass is 10.1. The molecule has 1 aromatic rings. The molecule has 1 aliphatic rings. The summed E-state index contributed by atoms with van der Waals surface area (Å²) in [6.07, 6.45) is 7.22. The van der Waals surface area contributed by atoms with Crippen molar-refractivity contribution >= 4 is 5.69 Å². The lowest BCUT2D eigenvalue weighted by Gasteiger charge is -2.16. The number of nitrogens with zero attached hydrogens (tertiary/aromatic N) is 1. The molecule has 1 nitrogen and oxygen atoms in total. The molecule has 0 N–H and O–H groups in total. The Balaban J connectivity index is 2.30. The van der Waals surface area contributed by atoms with Gasteiger partial charge in [0.2, 0.25) is 0 Å². The Labute approximate surface area is 85.7 Å². The number of hydrogen-bond donors (Lipinski definition) is 0. The maximum absolute atomic E-state index is 5.30. The van der Waals surface area contributed by atoms with Crippen LogP contribution in [0.15, 0.2) is 18.2 Å². The summed E-state index contributed by atoms with van der Waals surface area (Å²) >= 11 is 0. The van der Waals surface area contributed by atoms with Gasteiger partial charge in [0, 0.05) is 25.2 Å². The van der Waals surface area contributed by atoms with Gasteiger partial charge in [-0.15, -0.1) is 12.3 Å². The Morgan fingerprint density at radius 2 is 2.36 bits per heavy atom. The van der Waals surface area contributed by atoms with E-state index in [1.807, 2.05) is 0 Å². The quantitative estimate of drug-likeness (QED) is 0.639. The van der Waals surface area contributed by atoms with Gasteiger partial charge < -0.3 is 4.90 Å². The first-order valence-electron chi connectivity index (χ1n) is 5.15. The van der Waals surface area contributed by atoms with Gasteiger partial charge in [-0.1, -0.05) is 12.1 Å². The highest BCUT2D eigenvalue weighted by molar-refractivity contribution is 5.59. The average Bonchev–Trinajstić information content (AvgIpc) is 2.60. The average molecular weight is 185 g/mol. The minimum atomic E-state index is 0.749. The second kappa shape index (κ2) is 3.75. The van der Waals surface area contributed by atoms with Crippen molar-refractivity contribution in [3.63, 3.8) is 0 Å². The summed E-state index contributed by atoms with van der Waals surface area (Å²) in [7, 11) is 0. The maximum atomic E-state index is 5.30. The summed E-state index contributed by atoms with van der Waals surface area (Å²) in [5, 5.41) is 0. The minimum absolute atomic E-state index is 0.749. The fourth-order valence-corrected chi connectivity index (χ4v) is 2.08. The Morgan fingerprint density at radius 3 is 3.07 bits per heavy atom. The van der Waals surface area contributed by atoms with E-state index >= 15 is 0 Å². The Kier molecular flexibility index (Phi) is 2.45. The first-order chi connectivity index (χ1) is 6.85. The third-order valence-electron chi connectivity index (χ3n) is 2.82. The van der Waals surface area contributed by atoms with Crippen LogP contribution in [0.2, 0.25) is 0 Å². The van der Waals surface area contributed by atoms with Crippen LogP contribution in [0.3, 0.4) is 0 Å². The van der Waals surface area contributed by atoms with Crippen LogP contribution in [0.25, 0.3) is 0 Å². The topological polar surface area (TPSA) is 3.24 Å². The molecule has 72 valence electrons. The first-order valence-corrected chi connectivity index (χ1v) is 5.15. The maximum Gasteiger partial charge on any atom is 0.0399 e. The minimum Gasteiger partial charge on any atom is -0.371 e. The molecule has 0 atom stereocenters. The van der Waals surface area contributed by atoms with Crippen LogP contribution >= 0.6 is 0 Å². The van der Waals surface area contributed by atoms with Crippen molar-refractivity contribution in [2.45, 2.75) is 19.8 Å². The SMILES string of the molecule is C#CCc1ccc2c(c1)CCN2CC. The van der Waals surface area contributed by atoms with E-state index < -0.39 is 0 Å². The second-order valence-corrected chi connectivity index (χ2v) is 3.67. The Hall–Kier alpha value is -1.42. The van der Waals surface area contributed by atoms with Gasteiger partial charge in [-0.25, -0.2) is 0 Å². The van der Waals surface area contributed by atoms with Gasteiger partial charge in [0.25, 0.3) is 0 Å². The van der Waals surface area contributed by atoms with Gasteiger partial charge in [0.05, 0.1) is 0 Å². The van der Waals surface area contributed by atoms with Crippen LogP contribution < -0.4 is 4.90 Å². The molecule has 1 aliphatic heterocycles. The summed E-state index contributed by atoms with van der Waals surface area (Å²) in [6, 6.07) is 6.61. The molecule has 0 saturated carbocycles. The molecule has 0 radical (unpaired) electrons. The van der Waals surface area contributed by atoms with E-state index in [1.54, 1.807) is 0 Å². The van der Waals surface area contributed by atoms with Crippen LogP contribution in [-0.2, 0) is 12.8 Å². The lowest BCUT2D eigenvalue weighted by molar-refractivity contribution is 0.868.